The van der Waals surface area contributed by atoms with Gasteiger partial charge in [0.15, 0.2) is 0 Å². The molecule has 0 radical (unpaired) electrons. The molecule has 52 heavy (non-hydrogen) atoms. The molecule has 0 atom stereocenters. The second kappa shape index (κ2) is 10.9. The van der Waals surface area contributed by atoms with E-state index in [1.807, 2.05) is 11.3 Å². The highest BCUT2D eigenvalue weighted by molar-refractivity contribution is 7.26. The zero-order chi connectivity index (χ0) is 34.0. The Bertz CT molecular complexity index is 2690. The van der Waals surface area contributed by atoms with Crippen LogP contribution in [0.25, 0.3) is 53.2 Å². The van der Waals surface area contributed by atoms with Gasteiger partial charge in [-0.1, -0.05) is 103 Å². The Morgan fingerprint density at radius 1 is 0.500 bits per heavy atom. The Morgan fingerprint density at radius 3 is 2.06 bits per heavy atom. The molecule has 0 amide bonds. The van der Waals surface area contributed by atoms with Crippen LogP contribution in [-0.2, 0) is 5.41 Å². The Balaban J connectivity index is 1.04. The van der Waals surface area contributed by atoms with Crippen molar-refractivity contribution in [3.05, 3.63) is 163 Å². The van der Waals surface area contributed by atoms with E-state index in [0.29, 0.717) is 0 Å². The molecule has 1 heterocycles. The van der Waals surface area contributed by atoms with Gasteiger partial charge in [0.2, 0.25) is 0 Å². The van der Waals surface area contributed by atoms with Gasteiger partial charge in [-0.05, 0) is 148 Å². The Hall–Kier alpha value is -5.18. The third kappa shape index (κ3) is 3.99. The molecule has 2 heteroatoms. The monoisotopic (exact) mass is 685 g/mol. The minimum Gasteiger partial charge on any atom is -0.310 e. The van der Waals surface area contributed by atoms with Gasteiger partial charge in [-0.2, -0.15) is 0 Å². The minimum atomic E-state index is 0.183. The van der Waals surface area contributed by atoms with E-state index < -0.39 is 0 Å². The van der Waals surface area contributed by atoms with Gasteiger partial charge in [-0.25, -0.2) is 0 Å². The van der Waals surface area contributed by atoms with Crippen LogP contribution in [0, 0.1) is 23.7 Å². The van der Waals surface area contributed by atoms with E-state index in [9.17, 15) is 0 Å². The second-order valence-electron chi connectivity index (χ2n) is 16.1. The van der Waals surface area contributed by atoms with Crippen molar-refractivity contribution in [3.63, 3.8) is 0 Å². The standard InChI is InChI=1S/C50H39NS/c1-2-10-38(11-3-1)51(45-17-9-19-47-49(45)42-13-5-7-18-46(42)52-47)39-23-22-33-20-21-34(29-35(33)30-39)40-14-8-16-44-48(40)41-12-4-6-15-43(41)50(44)36-25-31-24-32(27-36)28-37(50)26-31/h1-23,29-32,36-37H,24-28H2. The van der Waals surface area contributed by atoms with Crippen molar-refractivity contribution in [2.45, 2.75) is 37.5 Å². The third-order valence-corrected chi connectivity index (χ3v) is 14.7. The van der Waals surface area contributed by atoms with Crippen LogP contribution >= 0.6 is 11.3 Å². The first-order valence-electron chi connectivity index (χ1n) is 19.3. The fraction of sp³-hybridized carbons (Fsp3) is 0.200. The highest BCUT2D eigenvalue weighted by Crippen LogP contribution is 2.70. The second-order valence-corrected chi connectivity index (χ2v) is 17.2. The quantitative estimate of drug-likeness (QED) is 0.178. The lowest BCUT2D eigenvalue weighted by molar-refractivity contribution is -0.0399. The van der Waals surface area contributed by atoms with Crippen LogP contribution in [-0.4, -0.2) is 0 Å². The molecule has 1 nitrogen and oxygen atoms in total. The van der Waals surface area contributed by atoms with Gasteiger partial charge in [0, 0.05) is 37.0 Å². The smallest absolute Gasteiger partial charge is 0.0554 e. The summed E-state index contributed by atoms with van der Waals surface area (Å²) in [5.41, 5.74) is 12.7. The number of hydrogen-bond donors (Lipinski definition) is 0. The summed E-state index contributed by atoms with van der Waals surface area (Å²) in [6.07, 6.45) is 7.14. The average Bonchev–Trinajstić information content (AvgIpc) is 3.72. The molecule has 1 spiro atoms. The van der Waals surface area contributed by atoms with Crippen LogP contribution in [0.4, 0.5) is 17.1 Å². The number of fused-ring (bicyclic) bond motifs is 7. The summed E-state index contributed by atoms with van der Waals surface area (Å²) in [5, 5.41) is 5.17. The SMILES string of the molecule is c1ccc(N(c2ccc3ccc(-c4cccc5c4-c4ccccc4C54C5CC6CC(C5)CC4C6)cc3c2)c2cccc3sc4ccccc4c23)cc1. The van der Waals surface area contributed by atoms with Gasteiger partial charge in [-0.3, -0.25) is 0 Å². The summed E-state index contributed by atoms with van der Waals surface area (Å²) in [7, 11) is 0. The first kappa shape index (κ1) is 29.4. The highest BCUT2D eigenvalue weighted by Gasteiger charge is 2.61. The van der Waals surface area contributed by atoms with Crippen molar-refractivity contribution in [1.82, 2.24) is 0 Å². The molecule has 0 unspecified atom stereocenters. The van der Waals surface area contributed by atoms with Crippen molar-refractivity contribution in [3.8, 4) is 22.3 Å². The van der Waals surface area contributed by atoms with Gasteiger partial charge in [0.25, 0.3) is 0 Å². The molecule has 0 N–H and O–H groups in total. The van der Waals surface area contributed by atoms with Crippen LogP contribution < -0.4 is 4.90 Å². The minimum absolute atomic E-state index is 0.183. The predicted molar refractivity (Wildman–Crippen MR) is 220 cm³/mol. The largest absolute Gasteiger partial charge is 0.310 e. The normalized spacial score (nSPS) is 23.8. The van der Waals surface area contributed by atoms with E-state index in [1.54, 1.807) is 11.1 Å². The maximum Gasteiger partial charge on any atom is 0.0554 e. The van der Waals surface area contributed by atoms with Crippen molar-refractivity contribution in [2.75, 3.05) is 4.90 Å². The summed E-state index contributed by atoms with van der Waals surface area (Å²) in [6, 6.07) is 57.5. The molecule has 13 rings (SSSR count). The van der Waals surface area contributed by atoms with Crippen LogP contribution in [0.2, 0.25) is 0 Å². The number of hydrogen-bond acceptors (Lipinski definition) is 2. The third-order valence-electron chi connectivity index (χ3n) is 13.6. The lowest BCUT2D eigenvalue weighted by Gasteiger charge is -2.61. The molecule has 4 fully saturated rings. The zero-order valence-electron chi connectivity index (χ0n) is 29.1. The van der Waals surface area contributed by atoms with E-state index in [2.05, 4.69) is 157 Å². The van der Waals surface area contributed by atoms with E-state index in [1.165, 1.54) is 102 Å². The van der Waals surface area contributed by atoms with E-state index in [4.69, 9.17) is 0 Å². The van der Waals surface area contributed by atoms with Gasteiger partial charge >= 0.3 is 0 Å². The predicted octanol–water partition coefficient (Wildman–Crippen LogP) is 14.1. The topological polar surface area (TPSA) is 3.24 Å². The molecule has 250 valence electrons. The van der Waals surface area contributed by atoms with Crippen molar-refractivity contribution >= 4 is 59.3 Å². The summed E-state index contributed by atoms with van der Waals surface area (Å²) in [4.78, 5) is 2.46. The molecule has 1 aromatic heterocycles. The van der Waals surface area contributed by atoms with Gasteiger partial charge in [0.05, 0.1) is 5.69 Å². The number of para-hydroxylation sites is 1. The maximum atomic E-state index is 2.52. The fourth-order valence-electron chi connectivity index (χ4n) is 11.9. The van der Waals surface area contributed by atoms with Crippen LogP contribution in [0.3, 0.4) is 0 Å². The number of rotatable bonds is 4. The molecular formula is C50H39NS. The van der Waals surface area contributed by atoms with E-state index >= 15 is 0 Å². The molecule has 8 aromatic rings. The summed E-state index contributed by atoms with van der Waals surface area (Å²) < 4.78 is 2.64. The number of benzene rings is 7. The van der Waals surface area contributed by atoms with E-state index in [-0.39, 0.29) is 5.41 Å². The molecule has 5 aliphatic carbocycles. The number of anilines is 3. The Morgan fingerprint density at radius 2 is 1.19 bits per heavy atom. The van der Waals surface area contributed by atoms with E-state index in [0.717, 1.165) is 23.7 Å². The number of nitrogens with zero attached hydrogens (tertiary/aromatic N) is 1. The first-order valence-corrected chi connectivity index (χ1v) is 20.1. The van der Waals surface area contributed by atoms with Gasteiger partial charge < -0.3 is 4.90 Å². The molecule has 4 bridgehead atoms. The lowest BCUT2D eigenvalue weighted by Crippen LogP contribution is -2.55. The Labute approximate surface area is 309 Å². The number of thiophene rings is 1. The summed E-state index contributed by atoms with van der Waals surface area (Å²) in [6.45, 7) is 0. The molecule has 0 saturated heterocycles. The van der Waals surface area contributed by atoms with Gasteiger partial charge in [0.1, 0.15) is 0 Å². The molecule has 5 aliphatic rings. The van der Waals surface area contributed by atoms with Gasteiger partial charge in [-0.15, -0.1) is 11.3 Å². The highest BCUT2D eigenvalue weighted by atomic mass is 32.1. The summed E-state index contributed by atoms with van der Waals surface area (Å²) in [5.74, 6) is 3.44. The molecule has 0 aliphatic heterocycles. The van der Waals surface area contributed by atoms with Crippen LogP contribution in [0.1, 0.15) is 43.2 Å². The Kier molecular flexibility index (Phi) is 6.17. The van der Waals surface area contributed by atoms with Crippen molar-refractivity contribution in [2.24, 2.45) is 23.7 Å². The molecular weight excluding hydrogens is 647 g/mol. The zero-order valence-corrected chi connectivity index (χ0v) is 30.0. The molecule has 7 aromatic carbocycles. The molecule has 4 saturated carbocycles. The first-order chi connectivity index (χ1) is 25.7. The lowest BCUT2D eigenvalue weighted by atomic mass is 9.43. The maximum absolute atomic E-state index is 2.52. The van der Waals surface area contributed by atoms with Crippen LogP contribution in [0.15, 0.2) is 152 Å². The van der Waals surface area contributed by atoms with Crippen LogP contribution in [0.5, 0.6) is 0 Å². The fourth-order valence-corrected chi connectivity index (χ4v) is 13.1. The van der Waals surface area contributed by atoms with Crippen molar-refractivity contribution in [1.29, 1.82) is 0 Å². The van der Waals surface area contributed by atoms with Crippen molar-refractivity contribution < 1.29 is 0 Å². The average molecular weight is 686 g/mol. The summed E-state index contributed by atoms with van der Waals surface area (Å²) >= 11 is 1.88.